The third kappa shape index (κ3) is 6.70. The molecule has 1 heterocycles. The molecule has 0 aliphatic carbocycles. The van der Waals surface area contributed by atoms with Gasteiger partial charge < -0.3 is 15.1 Å². The highest BCUT2D eigenvalue weighted by Crippen LogP contribution is 2.42. The standard InChI is InChI=1S/C29H31FN2O6S/c1-18-23(10-5-11-26(18)30)27-24(28(35)19-6-3-8-21(33)14-19)16-32(13-12-31-39(2,37)38)17-25(27)29(36)20-7-4-9-22(34)15-20/h3-11,14-15,24-25,27,31,33-34H,12-13,16-17H2,1-2H3. The van der Waals surface area contributed by atoms with E-state index in [4.69, 9.17) is 0 Å². The third-order valence-electron chi connectivity index (χ3n) is 7.17. The zero-order chi connectivity index (χ0) is 28.3. The Morgan fingerprint density at radius 1 is 0.923 bits per heavy atom. The predicted octanol–water partition coefficient (Wildman–Crippen LogP) is 3.49. The molecule has 8 nitrogen and oxygen atoms in total. The van der Waals surface area contributed by atoms with Crippen LogP contribution in [0.3, 0.4) is 0 Å². The Balaban J connectivity index is 1.82. The van der Waals surface area contributed by atoms with Gasteiger partial charge in [-0.25, -0.2) is 17.5 Å². The Morgan fingerprint density at radius 3 is 1.92 bits per heavy atom. The van der Waals surface area contributed by atoms with Gasteiger partial charge in [-0.2, -0.15) is 0 Å². The minimum atomic E-state index is -3.45. The number of rotatable bonds is 9. The molecular formula is C29H31FN2O6S. The van der Waals surface area contributed by atoms with Gasteiger partial charge in [-0.1, -0.05) is 36.4 Å². The van der Waals surface area contributed by atoms with Crippen molar-refractivity contribution < 1.29 is 32.6 Å². The normalized spacial score (nSPS) is 20.0. The first-order chi connectivity index (χ1) is 18.4. The lowest BCUT2D eigenvalue weighted by molar-refractivity contribution is 0.0576. The molecule has 1 fully saturated rings. The molecule has 0 saturated carbocycles. The SMILES string of the molecule is Cc1c(F)cccc1C1C(C(=O)c2cccc(O)c2)CN(CCNS(C)(=O)=O)CC1C(=O)c1cccc(O)c1. The molecular weight excluding hydrogens is 523 g/mol. The number of hydrogen-bond acceptors (Lipinski definition) is 7. The second-order valence-electron chi connectivity index (χ2n) is 9.95. The highest BCUT2D eigenvalue weighted by atomic mass is 32.2. The number of ketones is 2. The van der Waals surface area contributed by atoms with Crippen molar-refractivity contribution in [1.82, 2.24) is 9.62 Å². The summed E-state index contributed by atoms with van der Waals surface area (Å²) in [5, 5.41) is 20.1. The molecule has 1 aliphatic rings. The zero-order valence-electron chi connectivity index (χ0n) is 21.7. The average Bonchev–Trinajstić information content (AvgIpc) is 2.88. The van der Waals surface area contributed by atoms with Crippen molar-refractivity contribution in [2.75, 3.05) is 32.4 Å². The molecule has 3 aromatic carbocycles. The van der Waals surface area contributed by atoms with E-state index in [2.05, 4.69) is 4.72 Å². The second-order valence-corrected chi connectivity index (χ2v) is 11.8. The quantitative estimate of drug-likeness (QED) is 0.346. The number of likely N-dealkylation sites (tertiary alicyclic amines) is 1. The van der Waals surface area contributed by atoms with Gasteiger partial charge in [-0.3, -0.25) is 9.59 Å². The largest absolute Gasteiger partial charge is 0.508 e. The first kappa shape index (κ1) is 28.4. The van der Waals surface area contributed by atoms with Crippen molar-refractivity contribution in [3.05, 3.63) is 94.8 Å². The Bertz CT molecular complexity index is 1430. The van der Waals surface area contributed by atoms with Crippen LogP contribution in [0, 0.1) is 24.6 Å². The lowest BCUT2D eigenvalue weighted by atomic mass is 9.68. The van der Waals surface area contributed by atoms with Crippen LogP contribution in [0.15, 0.2) is 66.7 Å². The number of hydrogen-bond donors (Lipinski definition) is 3. The van der Waals surface area contributed by atoms with Gasteiger partial charge in [-0.15, -0.1) is 0 Å². The lowest BCUT2D eigenvalue weighted by Crippen LogP contribution is -2.52. The molecule has 0 aromatic heterocycles. The third-order valence-corrected chi connectivity index (χ3v) is 7.90. The molecule has 1 saturated heterocycles. The first-order valence-electron chi connectivity index (χ1n) is 12.5. The monoisotopic (exact) mass is 554 g/mol. The van der Waals surface area contributed by atoms with E-state index in [1.807, 2.05) is 4.90 Å². The van der Waals surface area contributed by atoms with Gasteiger partial charge in [0, 0.05) is 55.1 Å². The van der Waals surface area contributed by atoms with Crippen molar-refractivity contribution in [3.8, 4) is 11.5 Å². The zero-order valence-corrected chi connectivity index (χ0v) is 22.5. The summed E-state index contributed by atoms with van der Waals surface area (Å²) in [5.74, 6) is -3.63. The topological polar surface area (TPSA) is 124 Å². The molecule has 0 amide bonds. The van der Waals surface area contributed by atoms with Gasteiger partial charge in [0.1, 0.15) is 17.3 Å². The summed E-state index contributed by atoms with van der Waals surface area (Å²) >= 11 is 0. The summed E-state index contributed by atoms with van der Waals surface area (Å²) in [5.41, 5.74) is 1.36. The van der Waals surface area contributed by atoms with E-state index < -0.39 is 33.6 Å². The van der Waals surface area contributed by atoms with E-state index in [1.165, 1.54) is 30.3 Å². The number of sulfonamides is 1. The van der Waals surface area contributed by atoms with Gasteiger partial charge in [0.05, 0.1) is 6.26 Å². The Morgan fingerprint density at radius 2 is 1.44 bits per heavy atom. The summed E-state index contributed by atoms with van der Waals surface area (Å²) in [6.45, 7) is 2.28. The predicted molar refractivity (Wildman–Crippen MR) is 145 cm³/mol. The van der Waals surface area contributed by atoms with E-state index in [0.717, 1.165) is 6.26 Å². The molecule has 0 spiro atoms. The van der Waals surface area contributed by atoms with Crippen LogP contribution in [0.4, 0.5) is 4.39 Å². The molecule has 3 N–H and O–H groups in total. The van der Waals surface area contributed by atoms with E-state index >= 15 is 0 Å². The maximum atomic E-state index is 14.8. The smallest absolute Gasteiger partial charge is 0.208 e. The van der Waals surface area contributed by atoms with Crippen molar-refractivity contribution in [1.29, 1.82) is 0 Å². The molecule has 2 atom stereocenters. The Hall–Kier alpha value is -3.60. The number of phenols is 2. The van der Waals surface area contributed by atoms with Crippen LogP contribution in [0.2, 0.25) is 0 Å². The van der Waals surface area contributed by atoms with Crippen LogP contribution in [-0.2, 0) is 10.0 Å². The van der Waals surface area contributed by atoms with E-state index in [0.29, 0.717) is 11.1 Å². The summed E-state index contributed by atoms with van der Waals surface area (Å²) in [4.78, 5) is 29.8. The Labute approximate surface area is 227 Å². The van der Waals surface area contributed by atoms with Crippen molar-refractivity contribution in [2.24, 2.45) is 11.8 Å². The number of benzene rings is 3. The number of carbonyl (C=O) groups excluding carboxylic acids is 2. The Kier molecular flexibility index (Phi) is 8.48. The van der Waals surface area contributed by atoms with Gasteiger partial charge in [0.2, 0.25) is 10.0 Å². The molecule has 0 radical (unpaired) electrons. The fourth-order valence-electron chi connectivity index (χ4n) is 5.37. The fourth-order valence-corrected chi connectivity index (χ4v) is 5.83. The second kappa shape index (κ2) is 11.6. The van der Waals surface area contributed by atoms with E-state index in [9.17, 15) is 32.6 Å². The van der Waals surface area contributed by atoms with Gasteiger partial charge in [0.25, 0.3) is 0 Å². The maximum Gasteiger partial charge on any atom is 0.208 e. The molecule has 3 aromatic rings. The highest BCUT2D eigenvalue weighted by Gasteiger charge is 2.45. The van der Waals surface area contributed by atoms with Gasteiger partial charge >= 0.3 is 0 Å². The summed E-state index contributed by atoms with van der Waals surface area (Å²) in [6.07, 6.45) is 1.05. The molecule has 39 heavy (non-hydrogen) atoms. The highest BCUT2D eigenvalue weighted by molar-refractivity contribution is 7.88. The number of aromatic hydroxyl groups is 2. The van der Waals surface area contributed by atoms with E-state index in [-0.39, 0.29) is 60.4 Å². The maximum absolute atomic E-state index is 14.8. The number of carbonyl (C=O) groups is 2. The molecule has 1 aliphatic heterocycles. The number of phenolic OH excluding ortho intramolecular Hbond substituents is 2. The van der Waals surface area contributed by atoms with Gasteiger partial charge in [0.15, 0.2) is 11.6 Å². The molecule has 0 bridgehead atoms. The summed E-state index contributed by atoms with van der Waals surface area (Å²) in [6, 6.07) is 16.5. The molecule has 4 rings (SSSR count). The number of nitrogens with one attached hydrogen (secondary N) is 1. The lowest BCUT2D eigenvalue weighted by Gasteiger charge is -2.43. The first-order valence-corrected chi connectivity index (χ1v) is 14.4. The minimum Gasteiger partial charge on any atom is -0.508 e. The number of Topliss-reactive ketones (excluding diaryl/α,β-unsaturated/α-hetero) is 2. The molecule has 2 unspecified atom stereocenters. The van der Waals surface area contributed by atoms with Crippen LogP contribution in [0.5, 0.6) is 11.5 Å². The van der Waals surface area contributed by atoms with Crippen LogP contribution < -0.4 is 4.72 Å². The van der Waals surface area contributed by atoms with Crippen molar-refractivity contribution >= 4 is 21.6 Å². The van der Waals surface area contributed by atoms with Crippen LogP contribution >= 0.6 is 0 Å². The summed E-state index contributed by atoms with van der Waals surface area (Å²) in [7, 11) is -3.45. The van der Waals surface area contributed by atoms with Gasteiger partial charge in [-0.05, 0) is 48.4 Å². The van der Waals surface area contributed by atoms with Crippen LogP contribution in [-0.4, -0.2) is 67.5 Å². The number of nitrogens with zero attached hydrogens (tertiary/aromatic N) is 1. The van der Waals surface area contributed by atoms with E-state index in [1.54, 1.807) is 43.3 Å². The molecule has 10 heteroatoms. The molecule has 206 valence electrons. The minimum absolute atomic E-state index is 0.0720. The van der Waals surface area contributed by atoms with Crippen molar-refractivity contribution in [2.45, 2.75) is 12.8 Å². The number of halogens is 1. The fraction of sp³-hybridized carbons (Fsp3) is 0.310. The number of piperidine rings is 1. The van der Waals surface area contributed by atoms with Crippen LogP contribution in [0.25, 0.3) is 0 Å². The average molecular weight is 555 g/mol. The summed E-state index contributed by atoms with van der Waals surface area (Å²) < 4.78 is 40.5. The van der Waals surface area contributed by atoms with Crippen LogP contribution in [0.1, 0.15) is 37.8 Å². The van der Waals surface area contributed by atoms with Crippen molar-refractivity contribution in [3.63, 3.8) is 0 Å².